The lowest BCUT2D eigenvalue weighted by Gasteiger charge is -2.33. The monoisotopic (exact) mass is 856 g/mol. The fourth-order valence-corrected chi connectivity index (χ4v) is 9.60. The fraction of sp³-hybridized carbons (Fsp3) is 0.404. The van der Waals surface area contributed by atoms with E-state index in [0.29, 0.717) is 43.4 Å². The van der Waals surface area contributed by atoms with Crippen molar-refractivity contribution in [2.75, 3.05) is 20.8 Å². The highest BCUT2D eigenvalue weighted by atomic mass is 16.5. The molecule has 4 amide bonds. The first kappa shape index (κ1) is 41.5. The molecular formula is C47H52N8O8. The van der Waals surface area contributed by atoms with E-state index in [-0.39, 0.29) is 41.8 Å². The molecule has 16 nitrogen and oxygen atoms in total. The molecular weight excluding hydrogens is 805 g/mol. The summed E-state index contributed by atoms with van der Waals surface area (Å²) in [6.45, 7) is 9.10. The Morgan fingerprint density at radius 1 is 0.762 bits per heavy atom. The number of aromatic amines is 2. The highest BCUT2D eigenvalue weighted by Crippen LogP contribution is 2.51. The van der Waals surface area contributed by atoms with Crippen LogP contribution in [-0.2, 0) is 32.3 Å². The molecule has 16 heteroatoms. The topological polar surface area (TPSA) is 193 Å². The molecule has 6 atom stereocenters. The van der Waals surface area contributed by atoms with Crippen molar-refractivity contribution in [3.05, 3.63) is 95.3 Å². The number of rotatable bonds is 10. The number of imidazole rings is 2. The van der Waals surface area contributed by atoms with Crippen molar-refractivity contribution < 1.29 is 38.1 Å². The summed E-state index contributed by atoms with van der Waals surface area (Å²) in [5, 5.41) is 5.46. The van der Waals surface area contributed by atoms with Crippen LogP contribution >= 0.6 is 0 Å². The average molecular weight is 857 g/mol. The highest BCUT2D eigenvalue weighted by molar-refractivity contribution is 5.90. The zero-order valence-electron chi connectivity index (χ0n) is 36.2. The van der Waals surface area contributed by atoms with Gasteiger partial charge in [0.1, 0.15) is 48.4 Å². The highest BCUT2D eigenvalue weighted by Gasteiger charge is 2.42. The number of aromatic nitrogens is 4. The van der Waals surface area contributed by atoms with Gasteiger partial charge in [-0.1, -0.05) is 51.1 Å². The quantitative estimate of drug-likeness (QED) is 0.110. The number of nitrogens with zero attached hydrogens (tertiary/aromatic N) is 4. The van der Waals surface area contributed by atoms with Crippen molar-refractivity contribution in [1.29, 1.82) is 0 Å². The molecule has 2 saturated heterocycles. The van der Waals surface area contributed by atoms with Crippen molar-refractivity contribution in [3.8, 4) is 45.1 Å². The smallest absolute Gasteiger partial charge is 0.407 e. The van der Waals surface area contributed by atoms with Crippen LogP contribution in [0.15, 0.2) is 67.0 Å². The van der Waals surface area contributed by atoms with Crippen LogP contribution in [-0.4, -0.2) is 86.6 Å². The molecule has 4 N–H and O–H groups in total. The van der Waals surface area contributed by atoms with Crippen LogP contribution in [0.2, 0.25) is 0 Å². The maximum Gasteiger partial charge on any atom is 0.407 e. The summed E-state index contributed by atoms with van der Waals surface area (Å²) in [4.78, 5) is 72.8. The molecule has 4 aliphatic rings. The maximum atomic E-state index is 14.2. The predicted molar refractivity (Wildman–Crippen MR) is 231 cm³/mol. The van der Waals surface area contributed by atoms with Crippen molar-refractivity contribution in [2.24, 2.45) is 11.8 Å². The third-order valence-electron chi connectivity index (χ3n) is 12.8. The molecule has 63 heavy (non-hydrogen) atoms. The lowest BCUT2D eigenvalue weighted by atomic mass is 9.87. The Bertz CT molecular complexity index is 2520. The van der Waals surface area contributed by atoms with Crippen molar-refractivity contribution in [1.82, 2.24) is 40.4 Å². The minimum atomic E-state index is -0.918. The van der Waals surface area contributed by atoms with E-state index in [0.717, 1.165) is 69.1 Å². The van der Waals surface area contributed by atoms with Crippen LogP contribution in [0.4, 0.5) is 9.59 Å². The van der Waals surface area contributed by atoms with Gasteiger partial charge in [0.25, 0.3) is 5.91 Å². The molecule has 0 spiro atoms. The molecule has 328 valence electrons. The van der Waals surface area contributed by atoms with Crippen molar-refractivity contribution in [3.63, 3.8) is 0 Å². The van der Waals surface area contributed by atoms with E-state index in [9.17, 15) is 19.2 Å². The van der Waals surface area contributed by atoms with Crippen LogP contribution in [0.5, 0.6) is 11.5 Å². The Labute approximate surface area is 365 Å². The molecule has 0 saturated carbocycles. The Morgan fingerprint density at radius 2 is 1.33 bits per heavy atom. The lowest BCUT2D eigenvalue weighted by molar-refractivity contribution is -0.137. The number of likely N-dealkylation sites (tertiary alicyclic amines) is 2. The maximum absolute atomic E-state index is 14.2. The van der Waals surface area contributed by atoms with Gasteiger partial charge in [-0.25, -0.2) is 19.6 Å². The normalized spacial score (nSPS) is 20.6. The van der Waals surface area contributed by atoms with Gasteiger partial charge in [0.15, 0.2) is 0 Å². The molecule has 0 aliphatic carbocycles. The third-order valence-corrected chi connectivity index (χ3v) is 12.8. The van der Waals surface area contributed by atoms with Gasteiger partial charge in [0.05, 0.1) is 50.1 Å². The van der Waals surface area contributed by atoms with Crippen LogP contribution in [0, 0.1) is 11.8 Å². The predicted octanol–water partition coefficient (Wildman–Crippen LogP) is 7.36. The van der Waals surface area contributed by atoms with Gasteiger partial charge in [-0.15, -0.1) is 0 Å². The Balaban J connectivity index is 0.954. The summed E-state index contributed by atoms with van der Waals surface area (Å²) in [5.41, 5.74) is 7.98. The number of ether oxygens (including phenoxy) is 4. The third kappa shape index (κ3) is 7.71. The summed E-state index contributed by atoms with van der Waals surface area (Å²) < 4.78 is 22.6. The summed E-state index contributed by atoms with van der Waals surface area (Å²) in [7, 11) is 2.57. The second-order valence-corrected chi connectivity index (χ2v) is 17.3. The minimum Gasteiger partial charge on any atom is -0.488 e. The van der Waals surface area contributed by atoms with Gasteiger partial charge in [0, 0.05) is 46.0 Å². The number of amides is 4. The van der Waals surface area contributed by atoms with Gasteiger partial charge >= 0.3 is 12.2 Å². The van der Waals surface area contributed by atoms with Gasteiger partial charge in [-0.05, 0) is 67.9 Å². The van der Waals surface area contributed by atoms with E-state index >= 15 is 0 Å². The number of hydrogen-bond donors (Lipinski definition) is 4. The molecule has 2 fully saturated rings. The molecule has 0 radical (unpaired) electrons. The minimum absolute atomic E-state index is 0.0331. The number of hydrogen-bond acceptors (Lipinski definition) is 10. The Morgan fingerprint density at radius 3 is 1.90 bits per heavy atom. The van der Waals surface area contributed by atoms with Crippen LogP contribution < -0.4 is 20.1 Å². The van der Waals surface area contributed by atoms with Crippen LogP contribution in [0.3, 0.4) is 0 Å². The van der Waals surface area contributed by atoms with E-state index < -0.39 is 24.3 Å². The summed E-state index contributed by atoms with van der Waals surface area (Å²) in [6.07, 6.45) is 4.51. The molecule has 3 unspecified atom stereocenters. The molecule has 0 bridgehead atoms. The second kappa shape index (κ2) is 16.8. The van der Waals surface area contributed by atoms with Crippen molar-refractivity contribution >= 4 is 24.0 Å². The van der Waals surface area contributed by atoms with E-state index in [1.807, 2.05) is 68.1 Å². The number of benzene rings is 3. The SMILES string of the molecule is COC(=O)NC(C(=O)N1C[C@@H](C)C[C@H]1c1ncc(-c2cc3c4c(c2)OCc2cc(-c5cnc(C6CC[C@H](C)N6C(=O)C(NC(=O)OC)C(C)C)[nH]5)cc(c2-4)OC3)[nH]1)c1ccccc1. The van der Waals surface area contributed by atoms with E-state index in [1.165, 1.54) is 14.2 Å². The van der Waals surface area contributed by atoms with Crippen molar-refractivity contribution in [2.45, 2.75) is 90.4 Å². The van der Waals surface area contributed by atoms with Crippen LogP contribution in [0.25, 0.3) is 33.6 Å². The lowest BCUT2D eigenvalue weighted by Crippen LogP contribution is -2.52. The van der Waals surface area contributed by atoms with E-state index in [1.54, 1.807) is 17.3 Å². The molecule has 2 aromatic heterocycles. The molecule has 5 aromatic rings. The Kier molecular flexibility index (Phi) is 11.1. The number of alkyl carbamates (subject to hydrolysis) is 2. The first-order valence-corrected chi connectivity index (χ1v) is 21.5. The number of methoxy groups -OCH3 is 2. The first-order chi connectivity index (χ1) is 30.4. The number of nitrogens with one attached hydrogen (secondary N) is 4. The Hall–Kier alpha value is -6.84. The standard InChI is InChI=1S/C47H52N8O8/c1-24(2)40(52-46(58)60-5)45(57)55-26(4)12-13-34(55)42-48-19-32(50-42)28-15-30-22-63-37-18-29(16-31-23-62-36(17-28)38(30)39(31)37)33-20-49-43(51-33)35-14-25(3)21-54(35)44(56)41(53-47(59)61-6)27-10-8-7-9-11-27/h7-11,15-20,24-26,34-35,40-41H,12-14,21-23H2,1-6H3,(H,48,50)(H,49,51)(H,52,58)(H,53,59)/t25-,26-,34?,35-,40?,41?/m0/s1. The second-order valence-electron chi connectivity index (χ2n) is 17.3. The molecule has 9 rings (SSSR count). The van der Waals surface area contributed by atoms with Gasteiger partial charge in [0.2, 0.25) is 5.91 Å². The fourth-order valence-electron chi connectivity index (χ4n) is 9.60. The number of carbonyl (C=O) groups excluding carboxylic acids is 4. The molecule has 3 aromatic carbocycles. The molecule has 6 heterocycles. The zero-order valence-corrected chi connectivity index (χ0v) is 36.2. The number of carbonyl (C=O) groups is 4. The van der Waals surface area contributed by atoms with E-state index in [2.05, 4.69) is 39.7 Å². The largest absolute Gasteiger partial charge is 0.488 e. The summed E-state index contributed by atoms with van der Waals surface area (Å²) in [6, 6.07) is 15.1. The van der Waals surface area contributed by atoms with Gasteiger partial charge in [-0.3, -0.25) is 9.59 Å². The summed E-state index contributed by atoms with van der Waals surface area (Å²) in [5.74, 6) is 2.52. The average Bonchev–Trinajstić information content (AvgIpc) is 4.13. The van der Waals surface area contributed by atoms with Gasteiger partial charge in [-0.2, -0.15) is 0 Å². The van der Waals surface area contributed by atoms with Crippen LogP contribution in [0.1, 0.15) is 93.4 Å². The molecule has 4 aliphatic heterocycles. The number of H-pyrrole nitrogens is 2. The van der Waals surface area contributed by atoms with E-state index in [4.69, 9.17) is 28.9 Å². The zero-order chi connectivity index (χ0) is 44.1. The van der Waals surface area contributed by atoms with Gasteiger partial charge < -0.3 is 49.3 Å². The first-order valence-electron chi connectivity index (χ1n) is 21.5. The summed E-state index contributed by atoms with van der Waals surface area (Å²) >= 11 is 0.